The summed E-state index contributed by atoms with van der Waals surface area (Å²) in [6, 6.07) is 7.42. The number of benzene rings is 1. The second-order valence-electron chi connectivity index (χ2n) is 6.11. The molecule has 1 aliphatic rings. The van der Waals surface area contributed by atoms with Gasteiger partial charge in [0, 0.05) is 10.5 Å². The van der Waals surface area contributed by atoms with Gasteiger partial charge in [-0.25, -0.2) is 0 Å². The molecule has 6 heteroatoms. The van der Waals surface area contributed by atoms with Crippen LogP contribution in [-0.2, 0) is 9.59 Å². The molecule has 1 aromatic carbocycles. The highest BCUT2D eigenvalue weighted by molar-refractivity contribution is 9.10. The molecule has 0 heterocycles. The van der Waals surface area contributed by atoms with E-state index in [1.54, 1.807) is 11.9 Å². The molecule has 1 atom stereocenters. The zero-order chi connectivity index (χ0) is 16.8. The Balaban J connectivity index is 1.82. The van der Waals surface area contributed by atoms with Crippen LogP contribution in [-0.4, -0.2) is 42.4 Å². The summed E-state index contributed by atoms with van der Waals surface area (Å²) in [5.74, 6) is -0.145. The molecular formula is C17H24BrN3O2. The lowest BCUT2D eigenvalue weighted by atomic mass is 10.2. The maximum Gasteiger partial charge on any atom is 0.238 e. The Labute approximate surface area is 145 Å². The number of amides is 2. The van der Waals surface area contributed by atoms with Gasteiger partial charge in [-0.1, -0.05) is 25.0 Å². The first-order chi connectivity index (χ1) is 11.0. The predicted octanol–water partition coefficient (Wildman–Crippen LogP) is 2.77. The number of hydrogen-bond acceptors (Lipinski definition) is 3. The summed E-state index contributed by atoms with van der Waals surface area (Å²) >= 11 is 3.40. The summed E-state index contributed by atoms with van der Waals surface area (Å²) < 4.78 is 0.836. The molecule has 5 nitrogen and oxygen atoms in total. The van der Waals surface area contributed by atoms with E-state index in [4.69, 9.17) is 0 Å². The summed E-state index contributed by atoms with van der Waals surface area (Å²) in [7, 11) is 1.79. The van der Waals surface area contributed by atoms with E-state index in [1.807, 2.05) is 31.2 Å². The van der Waals surface area contributed by atoms with E-state index in [0.29, 0.717) is 6.04 Å². The summed E-state index contributed by atoms with van der Waals surface area (Å²) in [6.45, 7) is 2.00. The minimum Gasteiger partial charge on any atom is -0.352 e. The lowest BCUT2D eigenvalue weighted by Crippen LogP contribution is -2.48. The fraction of sp³-hybridized carbons (Fsp3) is 0.529. The zero-order valence-corrected chi connectivity index (χ0v) is 15.2. The molecule has 2 amide bonds. The van der Waals surface area contributed by atoms with Crippen LogP contribution in [0.5, 0.6) is 0 Å². The number of carbonyl (C=O) groups excluding carboxylic acids is 2. The topological polar surface area (TPSA) is 61.4 Å². The number of likely N-dealkylation sites (N-methyl/N-ethyl adjacent to an activating group) is 1. The van der Waals surface area contributed by atoms with Crippen LogP contribution >= 0.6 is 15.9 Å². The van der Waals surface area contributed by atoms with E-state index in [9.17, 15) is 9.59 Å². The number of carbonyl (C=O) groups is 2. The highest BCUT2D eigenvalue weighted by Crippen LogP contribution is 2.21. The van der Waals surface area contributed by atoms with Gasteiger partial charge in [-0.2, -0.15) is 0 Å². The highest BCUT2D eigenvalue weighted by atomic mass is 79.9. The second kappa shape index (κ2) is 8.45. The van der Waals surface area contributed by atoms with Crippen molar-refractivity contribution >= 4 is 33.4 Å². The maximum absolute atomic E-state index is 12.2. The van der Waals surface area contributed by atoms with Gasteiger partial charge in [0.15, 0.2) is 0 Å². The molecule has 23 heavy (non-hydrogen) atoms. The molecule has 1 fully saturated rings. The van der Waals surface area contributed by atoms with Crippen molar-refractivity contribution in [3.63, 3.8) is 0 Å². The van der Waals surface area contributed by atoms with Crippen molar-refractivity contribution in [2.24, 2.45) is 0 Å². The second-order valence-corrected chi connectivity index (χ2v) is 6.96. The molecule has 1 aliphatic carbocycles. The number of nitrogens with one attached hydrogen (secondary N) is 2. The third kappa shape index (κ3) is 5.32. The number of halogens is 1. The van der Waals surface area contributed by atoms with E-state index in [2.05, 4.69) is 26.6 Å². The van der Waals surface area contributed by atoms with Gasteiger partial charge in [0.2, 0.25) is 11.8 Å². The summed E-state index contributed by atoms with van der Waals surface area (Å²) in [5.41, 5.74) is 0.731. The first-order valence-corrected chi connectivity index (χ1v) is 8.81. The predicted molar refractivity (Wildman–Crippen MR) is 95.3 cm³/mol. The van der Waals surface area contributed by atoms with Gasteiger partial charge in [0.25, 0.3) is 0 Å². The Hall–Kier alpha value is -1.40. The van der Waals surface area contributed by atoms with Gasteiger partial charge in [-0.15, -0.1) is 0 Å². The van der Waals surface area contributed by atoms with Crippen LogP contribution in [0.25, 0.3) is 0 Å². The molecule has 0 bridgehead atoms. The molecule has 0 aromatic heterocycles. The van der Waals surface area contributed by atoms with Gasteiger partial charge >= 0.3 is 0 Å². The van der Waals surface area contributed by atoms with E-state index in [0.717, 1.165) is 23.0 Å². The van der Waals surface area contributed by atoms with Crippen LogP contribution in [0, 0.1) is 0 Å². The molecule has 0 unspecified atom stereocenters. The first-order valence-electron chi connectivity index (χ1n) is 8.02. The molecule has 2 N–H and O–H groups in total. The van der Waals surface area contributed by atoms with Crippen molar-refractivity contribution in [3.05, 3.63) is 28.7 Å². The van der Waals surface area contributed by atoms with Gasteiger partial charge < -0.3 is 10.6 Å². The number of rotatable bonds is 6. The SMILES string of the molecule is C[C@@H](C(=O)NC1CCCC1)N(C)CC(=O)Nc1ccccc1Br. The first kappa shape index (κ1) is 17.9. The lowest BCUT2D eigenvalue weighted by molar-refractivity contribution is -0.127. The zero-order valence-electron chi connectivity index (χ0n) is 13.6. The summed E-state index contributed by atoms with van der Waals surface area (Å²) in [5, 5.41) is 5.92. The molecule has 2 rings (SSSR count). The van der Waals surface area contributed by atoms with Crippen molar-refractivity contribution in [2.45, 2.75) is 44.7 Å². The molecule has 0 saturated heterocycles. The van der Waals surface area contributed by atoms with E-state index < -0.39 is 0 Å². The largest absolute Gasteiger partial charge is 0.352 e. The highest BCUT2D eigenvalue weighted by Gasteiger charge is 2.24. The standard InChI is InChI=1S/C17H24BrN3O2/c1-12(17(23)19-13-7-3-4-8-13)21(2)11-16(22)20-15-10-6-5-9-14(15)18/h5-6,9-10,12-13H,3-4,7-8,11H2,1-2H3,(H,19,23)(H,20,22)/t12-/m0/s1. The molecular weight excluding hydrogens is 358 g/mol. The Bertz CT molecular complexity index is 559. The number of hydrogen-bond donors (Lipinski definition) is 2. The van der Waals surface area contributed by atoms with Crippen LogP contribution in [0.15, 0.2) is 28.7 Å². The van der Waals surface area contributed by atoms with Crippen LogP contribution in [0.2, 0.25) is 0 Å². The van der Waals surface area contributed by atoms with Crippen LogP contribution in [0.1, 0.15) is 32.6 Å². The molecule has 1 aromatic rings. The minimum atomic E-state index is -0.333. The summed E-state index contributed by atoms with van der Waals surface area (Å²) in [4.78, 5) is 26.1. The molecule has 0 aliphatic heterocycles. The molecule has 0 spiro atoms. The number of nitrogens with zero attached hydrogens (tertiary/aromatic N) is 1. The van der Waals surface area contributed by atoms with Gasteiger partial charge in [0.05, 0.1) is 18.3 Å². The van der Waals surface area contributed by atoms with Crippen molar-refractivity contribution in [3.8, 4) is 0 Å². The van der Waals surface area contributed by atoms with Crippen LogP contribution in [0.3, 0.4) is 0 Å². The van der Waals surface area contributed by atoms with Crippen molar-refractivity contribution in [1.29, 1.82) is 0 Å². The van der Waals surface area contributed by atoms with E-state index in [1.165, 1.54) is 12.8 Å². The normalized spacial score (nSPS) is 16.3. The van der Waals surface area contributed by atoms with Crippen LogP contribution < -0.4 is 10.6 Å². The van der Waals surface area contributed by atoms with Gasteiger partial charge in [-0.05, 0) is 54.9 Å². The van der Waals surface area contributed by atoms with Crippen molar-refractivity contribution in [1.82, 2.24) is 10.2 Å². The Morgan fingerprint density at radius 1 is 1.30 bits per heavy atom. The lowest BCUT2D eigenvalue weighted by Gasteiger charge is -2.25. The average Bonchev–Trinajstić information content (AvgIpc) is 3.01. The third-order valence-electron chi connectivity index (χ3n) is 4.28. The number of para-hydroxylation sites is 1. The number of anilines is 1. The fourth-order valence-corrected chi connectivity index (χ4v) is 3.09. The Morgan fingerprint density at radius 3 is 2.61 bits per heavy atom. The minimum absolute atomic E-state index is 0.00640. The van der Waals surface area contributed by atoms with Crippen molar-refractivity contribution < 1.29 is 9.59 Å². The molecule has 0 radical (unpaired) electrons. The van der Waals surface area contributed by atoms with E-state index in [-0.39, 0.29) is 24.4 Å². The maximum atomic E-state index is 12.2. The summed E-state index contributed by atoms with van der Waals surface area (Å²) in [6.07, 6.45) is 4.49. The Morgan fingerprint density at radius 2 is 1.96 bits per heavy atom. The quantitative estimate of drug-likeness (QED) is 0.796. The van der Waals surface area contributed by atoms with Gasteiger partial charge in [0.1, 0.15) is 0 Å². The fourth-order valence-electron chi connectivity index (χ4n) is 2.71. The third-order valence-corrected chi connectivity index (χ3v) is 4.97. The Kier molecular flexibility index (Phi) is 6.59. The van der Waals surface area contributed by atoms with Gasteiger partial charge in [-0.3, -0.25) is 14.5 Å². The van der Waals surface area contributed by atoms with Crippen LogP contribution in [0.4, 0.5) is 5.69 Å². The monoisotopic (exact) mass is 381 g/mol. The average molecular weight is 382 g/mol. The van der Waals surface area contributed by atoms with Crippen molar-refractivity contribution in [2.75, 3.05) is 18.9 Å². The molecule has 1 saturated carbocycles. The molecule has 126 valence electrons. The van der Waals surface area contributed by atoms with E-state index >= 15 is 0 Å². The smallest absolute Gasteiger partial charge is 0.238 e.